The van der Waals surface area contributed by atoms with Crippen molar-refractivity contribution in [3.05, 3.63) is 65.5 Å². The first-order valence-electron chi connectivity index (χ1n) is 8.88. The first-order chi connectivity index (χ1) is 18.3. The molecule has 1 rings (SSSR count). The summed E-state index contributed by atoms with van der Waals surface area (Å²) < 4.78 is 235. The second kappa shape index (κ2) is 12.2. The van der Waals surface area contributed by atoms with Gasteiger partial charge in [-0.15, -0.1) is 0 Å². The molecule has 0 heterocycles. The number of halogens is 5. The zero-order chi connectivity index (χ0) is 32.5. The Bertz CT molecular complexity index is 1870. The molecule has 1 aromatic carbocycles. The van der Waals surface area contributed by atoms with E-state index in [4.69, 9.17) is 0 Å². The summed E-state index contributed by atoms with van der Waals surface area (Å²) in [6.07, 6.45) is -6.54. The number of hydrogen-bond donors (Lipinski definition) is 5. The normalized spacial score (nSPS) is 15.8. The van der Waals surface area contributed by atoms with Crippen LogP contribution in [0.3, 0.4) is 0 Å². The standard InChI is InChI=1S/C16H10F5O15S5/c17-2-9(37(22,23)24)7-1-8(10(3-18)38(25,26)27)15(12(5-20)40(31,32)33)16(13(6-21)41(34,35)36)14(7)11(4-19)39(28,29)30/h2-6H,(H,22,23,24)(H,25,26,27)(H,28,29,30)(H,31,32,33)(H,34,35,36). The summed E-state index contributed by atoms with van der Waals surface area (Å²) >= 11 is 0. The molecule has 1 radical (unpaired) electrons. The third kappa shape index (κ3) is 7.70. The molecule has 25 heteroatoms. The largest absolute Gasteiger partial charge is 0.297 e. The topological polar surface area (TPSA) is 272 Å². The van der Waals surface area contributed by atoms with E-state index in [9.17, 15) is 86.8 Å². The lowest BCUT2D eigenvalue weighted by molar-refractivity contribution is 0.492. The van der Waals surface area contributed by atoms with Crippen LogP contribution in [0.1, 0.15) is 27.8 Å². The summed E-state index contributed by atoms with van der Waals surface area (Å²) in [6.45, 7) is 0. The molecular formula is C16H10F5O15S5. The Balaban J connectivity index is 5.42. The van der Waals surface area contributed by atoms with E-state index in [1.807, 2.05) is 0 Å². The average molecular weight is 698 g/mol. The van der Waals surface area contributed by atoms with Crippen molar-refractivity contribution >= 4 is 75.1 Å². The molecule has 0 aromatic heterocycles. The van der Waals surface area contributed by atoms with Gasteiger partial charge in [0, 0.05) is 33.9 Å². The lowest BCUT2D eigenvalue weighted by atomic mass is 9.90. The van der Waals surface area contributed by atoms with Gasteiger partial charge in [-0.3, -0.25) is 22.8 Å². The van der Waals surface area contributed by atoms with E-state index in [2.05, 4.69) is 0 Å². The zero-order valence-electron chi connectivity index (χ0n) is 18.6. The van der Waals surface area contributed by atoms with E-state index >= 15 is 0 Å². The van der Waals surface area contributed by atoms with Gasteiger partial charge in [0.2, 0.25) is 0 Å². The van der Waals surface area contributed by atoms with Crippen molar-refractivity contribution in [1.29, 1.82) is 0 Å². The Morgan fingerprint density at radius 3 is 0.780 bits per heavy atom. The monoisotopic (exact) mass is 697 g/mol. The highest BCUT2D eigenvalue weighted by atomic mass is 32.2. The SMILES string of the molecule is O=S(=O)(O)C(=CF)c1[c]c(C(=CF)S(=O)(=O)O)c(C(=CF)S(=O)(=O)O)c(C(=CF)S(=O)(=O)O)c1C(=CF)S(=O)(=O)O. The Labute approximate surface area is 227 Å². The lowest BCUT2D eigenvalue weighted by Gasteiger charge is -2.23. The van der Waals surface area contributed by atoms with Gasteiger partial charge in [-0.1, -0.05) is 0 Å². The smallest absolute Gasteiger partial charge is 0.282 e. The van der Waals surface area contributed by atoms with Crippen molar-refractivity contribution in [1.82, 2.24) is 0 Å². The van der Waals surface area contributed by atoms with Gasteiger partial charge < -0.3 is 0 Å². The lowest BCUT2D eigenvalue weighted by Crippen LogP contribution is -2.18. The van der Waals surface area contributed by atoms with Crippen LogP contribution in [0.25, 0.3) is 24.5 Å². The van der Waals surface area contributed by atoms with Gasteiger partial charge in [0.1, 0.15) is 56.2 Å². The average Bonchev–Trinajstić information content (AvgIpc) is 2.74. The Kier molecular flexibility index (Phi) is 10.7. The van der Waals surface area contributed by atoms with E-state index in [1.54, 1.807) is 0 Å². The van der Waals surface area contributed by atoms with Crippen LogP contribution in [0.5, 0.6) is 0 Å². The van der Waals surface area contributed by atoms with E-state index in [-0.39, 0.29) is 0 Å². The third-order valence-corrected chi connectivity index (χ3v) is 8.61. The number of benzene rings is 1. The summed E-state index contributed by atoms with van der Waals surface area (Å²) in [5.41, 5.74) is -11.7. The molecule has 229 valence electrons. The van der Waals surface area contributed by atoms with Crippen LogP contribution in [-0.4, -0.2) is 64.9 Å². The van der Waals surface area contributed by atoms with Gasteiger partial charge in [0.15, 0.2) is 0 Å². The summed E-state index contributed by atoms with van der Waals surface area (Å²) in [5, 5.41) is 0. The molecule has 0 saturated heterocycles. The summed E-state index contributed by atoms with van der Waals surface area (Å²) in [5.74, 6) is 0. The van der Waals surface area contributed by atoms with Crippen molar-refractivity contribution in [3.63, 3.8) is 0 Å². The van der Waals surface area contributed by atoms with Crippen molar-refractivity contribution in [2.75, 3.05) is 0 Å². The quantitative estimate of drug-likeness (QED) is 0.173. The Morgan fingerprint density at radius 2 is 0.610 bits per heavy atom. The molecule has 0 unspecified atom stereocenters. The minimum absolute atomic E-state index is 1.15. The maximum Gasteiger partial charge on any atom is 0.297 e. The molecule has 0 saturated carbocycles. The van der Waals surface area contributed by atoms with Gasteiger partial charge in [0.25, 0.3) is 50.6 Å². The molecule has 0 spiro atoms. The predicted molar refractivity (Wildman–Crippen MR) is 128 cm³/mol. The van der Waals surface area contributed by atoms with Crippen LogP contribution < -0.4 is 0 Å². The molecule has 15 nitrogen and oxygen atoms in total. The maximum atomic E-state index is 13.9. The summed E-state index contributed by atoms with van der Waals surface area (Å²) in [7, 11) is -31.4. The highest BCUT2D eigenvalue weighted by Gasteiger charge is 2.40. The van der Waals surface area contributed by atoms with Crippen LogP contribution in [0.2, 0.25) is 0 Å². The van der Waals surface area contributed by atoms with Crippen LogP contribution in [-0.2, 0) is 50.6 Å². The molecule has 0 atom stereocenters. The molecule has 1 aromatic rings. The molecule has 0 aliphatic rings. The van der Waals surface area contributed by atoms with Gasteiger partial charge in [-0.25, -0.2) is 22.0 Å². The summed E-state index contributed by atoms with van der Waals surface area (Å²) in [4.78, 5) is -12.6. The fourth-order valence-corrected chi connectivity index (χ4v) is 5.70. The van der Waals surface area contributed by atoms with Gasteiger partial charge in [0.05, 0.1) is 0 Å². The first-order valence-corrected chi connectivity index (χ1v) is 16.1. The fourth-order valence-electron chi connectivity index (χ4n) is 2.93. The van der Waals surface area contributed by atoms with Gasteiger partial charge in [-0.2, -0.15) is 42.1 Å². The van der Waals surface area contributed by atoms with E-state index in [1.165, 1.54) is 0 Å². The molecule has 41 heavy (non-hydrogen) atoms. The number of rotatable bonds is 10. The highest BCUT2D eigenvalue weighted by Crippen LogP contribution is 2.46. The highest BCUT2D eigenvalue weighted by molar-refractivity contribution is 7.97. The molecule has 0 fully saturated rings. The Hall–Kier alpha value is -2.88. The molecule has 0 amide bonds. The predicted octanol–water partition coefficient (Wildman–Crippen LogP) is 2.27. The molecule has 0 aliphatic carbocycles. The summed E-state index contributed by atoms with van der Waals surface area (Å²) in [6, 6.07) is 1.15. The Morgan fingerprint density at radius 1 is 0.415 bits per heavy atom. The minimum atomic E-state index is -6.39. The van der Waals surface area contributed by atoms with Crippen LogP contribution >= 0.6 is 0 Å². The van der Waals surface area contributed by atoms with Crippen LogP contribution in [0.15, 0.2) is 31.6 Å². The number of hydrogen-bond acceptors (Lipinski definition) is 10. The van der Waals surface area contributed by atoms with Crippen LogP contribution in [0.4, 0.5) is 22.0 Å². The molecular weight excluding hydrogens is 687 g/mol. The molecule has 0 bridgehead atoms. The van der Waals surface area contributed by atoms with E-state index in [0.717, 1.165) is 6.07 Å². The molecule has 0 aliphatic heterocycles. The van der Waals surface area contributed by atoms with Gasteiger partial charge in [-0.05, 0) is 0 Å². The van der Waals surface area contributed by atoms with Crippen molar-refractivity contribution in [3.8, 4) is 0 Å². The van der Waals surface area contributed by atoms with Gasteiger partial charge >= 0.3 is 0 Å². The van der Waals surface area contributed by atoms with Crippen molar-refractivity contribution < 1.29 is 86.8 Å². The second-order valence-corrected chi connectivity index (χ2v) is 13.7. The van der Waals surface area contributed by atoms with E-state index < -0.39 is 135 Å². The maximum absolute atomic E-state index is 13.9. The molecule has 5 N–H and O–H groups in total. The fraction of sp³-hybridized carbons (Fsp3) is 0. The minimum Gasteiger partial charge on any atom is -0.282 e. The second-order valence-electron chi connectivity index (χ2n) is 6.74. The van der Waals surface area contributed by atoms with Crippen LogP contribution in [0, 0.1) is 6.07 Å². The van der Waals surface area contributed by atoms with E-state index in [0.29, 0.717) is 0 Å². The third-order valence-electron chi connectivity index (χ3n) is 4.37. The van der Waals surface area contributed by atoms with Crippen molar-refractivity contribution in [2.24, 2.45) is 0 Å². The first kappa shape index (κ1) is 36.1. The zero-order valence-corrected chi connectivity index (χ0v) is 22.7. The van der Waals surface area contributed by atoms with Crippen molar-refractivity contribution in [2.45, 2.75) is 0 Å².